The van der Waals surface area contributed by atoms with Crippen molar-refractivity contribution in [3.8, 4) is 6.19 Å². The number of hydrogen-bond acceptors (Lipinski definition) is 7. The lowest BCUT2D eigenvalue weighted by Crippen LogP contribution is -2.01. The third-order valence-corrected chi connectivity index (χ3v) is 2.43. The van der Waals surface area contributed by atoms with Crippen molar-refractivity contribution in [1.82, 2.24) is 9.97 Å². The molecule has 100 valence electrons. The van der Waals surface area contributed by atoms with E-state index in [0.29, 0.717) is 17.2 Å². The van der Waals surface area contributed by atoms with Crippen molar-refractivity contribution in [1.29, 1.82) is 5.26 Å². The molecule has 0 fully saturated rings. The Morgan fingerprint density at radius 3 is 2.60 bits per heavy atom. The molecule has 0 unspecified atom stereocenters. The summed E-state index contributed by atoms with van der Waals surface area (Å²) in [6.07, 6.45) is 3.12. The van der Waals surface area contributed by atoms with Gasteiger partial charge in [-0.25, -0.2) is 14.8 Å². The molecular weight excluding hydrogens is 258 g/mol. The van der Waals surface area contributed by atoms with Crippen molar-refractivity contribution in [3.63, 3.8) is 0 Å². The fraction of sp³-hybridized carbons (Fsp3) is 0.0769. The molecule has 0 atom stereocenters. The second-order valence-electron chi connectivity index (χ2n) is 3.72. The van der Waals surface area contributed by atoms with Gasteiger partial charge in [-0.2, -0.15) is 5.26 Å². The Morgan fingerprint density at radius 2 is 1.95 bits per heavy atom. The SMILES string of the molecule is COC(=O)c1ccc(Nc2cc(NC#N)ncn2)cc1. The van der Waals surface area contributed by atoms with E-state index in [0.717, 1.165) is 5.69 Å². The molecule has 0 aliphatic rings. The van der Waals surface area contributed by atoms with Crippen LogP contribution in [0.25, 0.3) is 0 Å². The number of nitrogens with one attached hydrogen (secondary N) is 2. The highest BCUT2D eigenvalue weighted by atomic mass is 16.5. The standard InChI is InChI=1S/C13H11N5O2/c1-20-13(19)9-2-4-10(5-3-9)18-12-6-11(15-7-14)16-8-17-12/h2-6,8H,1H3,(H2,15,16,17,18). The first-order valence-electron chi connectivity index (χ1n) is 5.65. The van der Waals surface area contributed by atoms with Gasteiger partial charge < -0.3 is 10.1 Å². The van der Waals surface area contributed by atoms with Crippen LogP contribution in [0.3, 0.4) is 0 Å². The molecule has 0 aliphatic carbocycles. The number of ether oxygens (including phenoxy) is 1. The molecule has 2 aromatic rings. The maximum Gasteiger partial charge on any atom is 0.337 e. The molecule has 1 heterocycles. The van der Waals surface area contributed by atoms with Crippen molar-refractivity contribution < 1.29 is 9.53 Å². The Kier molecular flexibility index (Phi) is 4.09. The van der Waals surface area contributed by atoms with E-state index in [1.807, 2.05) is 0 Å². The average molecular weight is 269 g/mol. The van der Waals surface area contributed by atoms with Crippen LogP contribution >= 0.6 is 0 Å². The first kappa shape index (κ1) is 13.3. The monoisotopic (exact) mass is 269 g/mol. The zero-order valence-electron chi connectivity index (χ0n) is 10.6. The summed E-state index contributed by atoms with van der Waals surface area (Å²) in [5.74, 6) is 0.541. The van der Waals surface area contributed by atoms with Gasteiger partial charge in [0.05, 0.1) is 12.7 Å². The van der Waals surface area contributed by atoms with E-state index >= 15 is 0 Å². The quantitative estimate of drug-likeness (QED) is 0.496. The lowest BCUT2D eigenvalue weighted by atomic mass is 10.2. The molecule has 7 nitrogen and oxygen atoms in total. The molecule has 0 saturated carbocycles. The molecule has 7 heteroatoms. The first-order valence-corrected chi connectivity index (χ1v) is 5.65. The number of hydrogen-bond donors (Lipinski definition) is 2. The van der Waals surface area contributed by atoms with Crippen LogP contribution in [0.5, 0.6) is 0 Å². The number of anilines is 3. The maximum atomic E-state index is 11.3. The van der Waals surface area contributed by atoms with Crippen molar-refractivity contribution in [2.75, 3.05) is 17.7 Å². The van der Waals surface area contributed by atoms with Crippen LogP contribution in [0, 0.1) is 11.5 Å². The number of carbonyl (C=O) groups excluding carboxylic acids is 1. The van der Waals surface area contributed by atoms with Crippen LogP contribution in [0.1, 0.15) is 10.4 Å². The fourth-order valence-corrected chi connectivity index (χ4v) is 1.51. The van der Waals surface area contributed by atoms with Crippen LogP contribution in [0.2, 0.25) is 0 Å². The number of aromatic nitrogens is 2. The van der Waals surface area contributed by atoms with E-state index < -0.39 is 0 Å². The molecule has 1 aromatic carbocycles. The Bertz CT molecular complexity index is 649. The van der Waals surface area contributed by atoms with Crippen LogP contribution in [0.15, 0.2) is 36.7 Å². The normalized spacial score (nSPS) is 9.40. The van der Waals surface area contributed by atoms with E-state index in [9.17, 15) is 4.79 Å². The van der Waals surface area contributed by atoms with E-state index in [1.54, 1.807) is 36.5 Å². The highest BCUT2D eigenvalue weighted by Crippen LogP contribution is 2.17. The predicted molar refractivity (Wildman–Crippen MR) is 72.3 cm³/mol. The van der Waals surface area contributed by atoms with Crippen LogP contribution in [-0.4, -0.2) is 23.0 Å². The van der Waals surface area contributed by atoms with Crippen LogP contribution in [0.4, 0.5) is 17.3 Å². The topological polar surface area (TPSA) is 99.9 Å². The lowest BCUT2D eigenvalue weighted by Gasteiger charge is -2.06. The third-order valence-electron chi connectivity index (χ3n) is 2.43. The third kappa shape index (κ3) is 3.20. The summed E-state index contributed by atoms with van der Waals surface area (Å²) in [6.45, 7) is 0. The van der Waals surface area contributed by atoms with Gasteiger partial charge in [0.15, 0.2) is 6.19 Å². The Morgan fingerprint density at radius 1 is 1.25 bits per heavy atom. The minimum Gasteiger partial charge on any atom is -0.465 e. The summed E-state index contributed by atoms with van der Waals surface area (Å²) < 4.78 is 4.62. The van der Waals surface area contributed by atoms with Gasteiger partial charge in [0.2, 0.25) is 0 Å². The molecule has 0 aliphatic heterocycles. The summed E-state index contributed by atoms with van der Waals surface area (Å²) in [5, 5.41) is 14.0. The van der Waals surface area contributed by atoms with E-state index in [2.05, 4.69) is 25.3 Å². The molecule has 0 spiro atoms. The van der Waals surface area contributed by atoms with Crippen molar-refractivity contribution in [2.24, 2.45) is 0 Å². The van der Waals surface area contributed by atoms with Gasteiger partial charge in [0.1, 0.15) is 18.0 Å². The summed E-state index contributed by atoms with van der Waals surface area (Å²) in [5.41, 5.74) is 1.21. The number of benzene rings is 1. The van der Waals surface area contributed by atoms with E-state index in [1.165, 1.54) is 13.4 Å². The van der Waals surface area contributed by atoms with Gasteiger partial charge >= 0.3 is 5.97 Å². The molecule has 0 bridgehead atoms. The summed E-state index contributed by atoms with van der Waals surface area (Å²) in [6, 6.07) is 8.34. The molecular formula is C13H11N5O2. The summed E-state index contributed by atoms with van der Waals surface area (Å²) in [7, 11) is 1.33. The summed E-state index contributed by atoms with van der Waals surface area (Å²) in [4.78, 5) is 19.2. The molecule has 2 rings (SSSR count). The number of nitriles is 1. The Labute approximate surface area is 115 Å². The zero-order valence-corrected chi connectivity index (χ0v) is 10.6. The molecule has 0 radical (unpaired) electrons. The van der Waals surface area contributed by atoms with Crippen molar-refractivity contribution in [3.05, 3.63) is 42.2 Å². The van der Waals surface area contributed by atoms with E-state index in [-0.39, 0.29) is 5.97 Å². The number of esters is 1. The maximum absolute atomic E-state index is 11.3. The van der Waals surface area contributed by atoms with Gasteiger partial charge in [-0.05, 0) is 24.3 Å². The van der Waals surface area contributed by atoms with Crippen LogP contribution in [-0.2, 0) is 4.74 Å². The highest BCUT2D eigenvalue weighted by Gasteiger charge is 2.05. The van der Waals surface area contributed by atoms with Crippen molar-refractivity contribution >= 4 is 23.3 Å². The molecule has 0 amide bonds. The van der Waals surface area contributed by atoms with Gasteiger partial charge in [0, 0.05) is 11.8 Å². The second-order valence-corrected chi connectivity index (χ2v) is 3.72. The molecule has 20 heavy (non-hydrogen) atoms. The van der Waals surface area contributed by atoms with Crippen LogP contribution < -0.4 is 10.6 Å². The number of carbonyl (C=O) groups is 1. The average Bonchev–Trinajstić information content (AvgIpc) is 2.48. The summed E-state index contributed by atoms with van der Waals surface area (Å²) >= 11 is 0. The molecule has 2 N–H and O–H groups in total. The fourth-order valence-electron chi connectivity index (χ4n) is 1.51. The smallest absolute Gasteiger partial charge is 0.337 e. The van der Waals surface area contributed by atoms with Gasteiger partial charge in [-0.1, -0.05) is 0 Å². The number of nitrogens with zero attached hydrogens (tertiary/aromatic N) is 3. The largest absolute Gasteiger partial charge is 0.465 e. The van der Waals surface area contributed by atoms with Gasteiger partial charge in [-0.15, -0.1) is 0 Å². The molecule has 1 aromatic heterocycles. The first-order chi connectivity index (χ1) is 9.72. The number of rotatable bonds is 4. The van der Waals surface area contributed by atoms with Crippen molar-refractivity contribution in [2.45, 2.75) is 0 Å². The molecule has 0 saturated heterocycles. The second kappa shape index (κ2) is 6.15. The van der Waals surface area contributed by atoms with Gasteiger partial charge in [0.25, 0.3) is 0 Å². The number of methoxy groups -OCH3 is 1. The Hall–Kier alpha value is -3.14. The zero-order chi connectivity index (χ0) is 14.4. The predicted octanol–water partition coefficient (Wildman–Crippen LogP) is 1.90. The Balaban J connectivity index is 2.12. The minimum absolute atomic E-state index is 0.390. The van der Waals surface area contributed by atoms with Gasteiger partial charge in [-0.3, -0.25) is 5.32 Å². The highest BCUT2D eigenvalue weighted by molar-refractivity contribution is 5.89. The lowest BCUT2D eigenvalue weighted by molar-refractivity contribution is 0.0601. The minimum atomic E-state index is -0.390. The van der Waals surface area contributed by atoms with E-state index in [4.69, 9.17) is 5.26 Å².